The van der Waals surface area contributed by atoms with Gasteiger partial charge in [-0.25, -0.2) is 10.5 Å². The maximum absolute atomic E-state index is 8.77. The van der Waals surface area contributed by atoms with Crippen molar-refractivity contribution in [3.63, 3.8) is 0 Å². The predicted molar refractivity (Wildman–Crippen MR) is 97.1 cm³/mol. The lowest BCUT2D eigenvalue weighted by Crippen LogP contribution is -2.06. The van der Waals surface area contributed by atoms with Crippen molar-refractivity contribution < 1.29 is 5.21 Å². The van der Waals surface area contributed by atoms with Gasteiger partial charge < -0.3 is 9.77 Å². The van der Waals surface area contributed by atoms with E-state index in [2.05, 4.69) is 44.4 Å². The smallest absolute Gasteiger partial charge is 0.140 e. The average molecular weight is 330 g/mol. The Morgan fingerprint density at radius 2 is 1.64 bits per heavy atom. The normalized spacial score (nSPS) is 11.1. The number of hydroxylamine groups is 1. The number of nitrogens with one attached hydrogen (secondary N) is 1. The number of pyridine rings is 2. The van der Waals surface area contributed by atoms with Crippen molar-refractivity contribution in [1.29, 1.82) is 0 Å². The molecule has 0 atom stereocenters. The van der Waals surface area contributed by atoms with Crippen LogP contribution in [-0.4, -0.2) is 19.7 Å². The third kappa shape index (κ3) is 3.15. The molecule has 0 aliphatic carbocycles. The van der Waals surface area contributed by atoms with Crippen molar-refractivity contribution in [2.24, 2.45) is 0 Å². The number of hydrogen-bond acceptors (Lipinski definition) is 4. The van der Waals surface area contributed by atoms with E-state index in [4.69, 9.17) is 5.21 Å². The van der Waals surface area contributed by atoms with E-state index in [1.807, 2.05) is 36.5 Å². The molecule has 0 saturated carbocycles. The molecule has 3 aromatic heterocycles. The minimum absolute atomic E-state index is 0.448. The summed E-state index contributed by atoms with van der Waals surface area (Å²) in [5, 5.41) is 9.90. The minimum Gasteiger partial charge on any atom is -0.328 e. The van der Waals surface area contributed by atoms with E-state index in [9.17, 15) is 0 Å². The van der Waals surface area contributed by atoms with Gasteiger partial charge in [0.05, 0.1) is 0 Å². The van der Waals surface area contributed by atoms with Gasteiger partial charge in [0.2, 0.25) is 0 Å². The number of hydrogen-bond donors (Lipinski definition) is 2. The van der Waals surface area contributed by atoms with Gasteiger partial charge in [0.25, 0.3) is 0 Å². The lowest BCUT2D eigenvalue weighted by atomic mass is 10.1. The third-order valence-electron chi connectivity index (χ3n) is 4.31. The molecule has 0 fully saturated rings. The van der Waals surface area contributed by atoms with Crippen LogP contribution in [0.25, 0.3) is 22.2 Å². The van der Waals surface area contributed by atoms with Crippen molar-refractivity contribution in [1.82, 2.24) is 20.0 Å². The summed E-state index contributed by atoms with van der Waals surface area (Å²) < 4.78 is 2.15. The lowest BCUT2D eigenvalue weighted by Gasteiger charge is -2.08. The van der Waals surface area contributed by atoms with Crippen LogP contribution in [0.5, 0.6) is 0 Å². The van der Waals surface area contributed by atoms with Gasteiger partial charge in [-0.15, -0.1) is 0 Å². The van der Waals surface area contributed by atoms with Crippen LogP contribution in [0.1, 0.15) is 11.1 Å². The van der Waals surface area contributed by atoms with Crippen molar-refractivity contribution in [3.8, 4) is 11.1 Å². The summed E-state index contributed by atoms with van der Waals surface area (Å²) in [6, 6.07) is 16.4. The topological polar surface area (TPSA) is 63.0 Å². The van der Waals surface area contributed by atoms with Gasteiger partial charge in [-0.2, -0.15) is 0 Å². The van der Waals surface area contributed by atoms with Crippen LogP contribution in [0.15, 0.2) is 73.3 Å². The fraction of sp³-hybridized carbons (Fsp3) is 0.100. The highest BCUT2D eigenvalue weighted by molar-refractivity contribution is 5.93. The Morgan fingerprint density at radius 1 is 0.880 bits per heavy atom. The maximum Gasteiger partial charge on any atom is 0.140 e. The summed E-state index contributed by atoms with van der Waals surface area (Å²) in [7, 11) is 0. The maximum atomic E-state index is 8.77. The number of fused-ring (bicyclic) bond motifs is 1. The van der Waals surface area contributed by atoms with Gasteiger partial charge in [0, 0.05) is 43.3 Å². The molecule has 25 heavy (non-hydrogen) atoms. The average Bonchev–Trinajstić information content (AvgIpc) is 3.07. The fourth-order valence-corrected chi connectivity index (χ4v) is 3.05. The Morgan fingerprint density at radius 3 is 2.40 bits per heavy atom. The second-order valence-corrected chi connectivity index (χ2v) is 5.93. The number of benzene rings is 1. The molecular formula is C20H18N4O. The zero-order chi connectivity index (χ0) is 17.1. The Bertz CT molecular complexity index is 978. The zero-order valence-corrected chi connectivity index (χ0v) is 13.6. The number of rotatable bonds is 5. The van der Waals surface area contributed by atoms with E-state index >= 15 is 0 Å². The summed E-state index contributed by atoms with van der Waals surface area (Å²) in [4.78, 5) is 8.67. The molecule has 0 spiro atoms. The molecule has 4 rings (SSSR count). The molecule has 5 heteroatoms. The SMILES string of the molecule is ONCc1ccc(Cn2ccc3c(-c4ccncc4)ccnc32)cc1. The van der Waals surface area contributed by atoms with Crippen molar-refractivity contribution in [2.75, 3.05) is 0 Å². The standard InChI is InChI=1S/C20H18N4O/c25-23-13-15-1-3-16(4-2-15)14-24-12-8-19-18(7-11-22-20(19)24)17-5-9-21-10-6-17/h1-12,23,25H,13-14H2. The number of nitrogens with zero attached hydrogens (tertiary/aromatic N) is 3. The fourth-order valence-electron chi connectivity index (χ4n) is 3.05. The van der Waals surface area contributed by atoms with Crippen LogP contribution in [0, 0.1) is 0 Å². The van der Waals surface area contributed by atoms with Gasteiger partial charge in [-0.05, 0) is 46.5 Å². The summed E-state index contributed by atoms with van der Waals surface area (Å²) in [5.41, 5.74) is 7.68. The monoisotopic (exact) mass is 330 g/mol. The van der Waals surface area contributed by atoms with Crippen LogP contribution in [0.3, 0.4) is 0 Å². The first kappa shape index (κ1) is 15.5. The lowest BCUT2D eigenvalue weighted by molar-refractivity contribution is 0.161. The van der Waals surface area contributed by atoms with Gasteiger partial charge in [-0.1, -0.05) is 24.3 Å². The van der Waals surface area contributed by atoms with Crippen LogP contribution in [0.4, 0.5) is 0 Å². The highest BCUT2D eigenvalue weighted by Gasteiger charge is 2.09. The zero-order valence-electron chi connectivity index (χ0n) is 13.6. The quantitative estimate of drug-likeness (QED) is 0.549. The third-order valence-corrected chi connectivity index (χ3v) is 4.31. The molecule has 0 aliphatic heterocycles. The molecule has 3 heterocycles. The molecule has 0 aliphatic rings. The summed E-state index contributed by atoms with van der Waals surface area (Å²) in [5.74, 6) is 0. The number of aromatic nitrogens is 3. The molecule has 0 bridgehead atoms. The van der Waals surface area contributed by atoms with Crippen LogP contribution in [0.2, 0.25) is 0 Å². The Balaban J connectivity index is 1.67. The van der Waals surface area contributed by atoms with E-state index in [0.29, 0.717) is 6.54 Å². The molecule has 0 saturated heterocycles. The van der Waals surface area contributed by atoms with Crippen LogP contribution >= 0.6 is 0 Å². The summed E-state index contributed by atoms with van der Waals surface area (Å²) in [6.07, 6.45) is 7.54. The summed E-state index contributed by atoms with van der Waals surface area (Å²) >= 11 is 0. The highest BCUT2D eigenvalue weighted by atomic mass is 16.5. The van der Waals surface area contributed by atoms with Crippen molar-refractivity contribution in [3.05, 3.63) is 84.4 Å². The van der Waals surface area contributed by atoms with Crippen LogP contribution in [-0.2, 0) is 13.1 Å². The van der Waals surface area contributed by atoms with Gasteiger partial charge in [0.15, 0.2) is 0 Å². The second-order valence-electron chi connectivity index (χ2n) is 5.93. The van der Waals surface area contributed by atoms with Gasteiger partial charge in [-0.3, -0.25) is 4.98 Å². The second kappa shape index (κ2) is 6.84. The van der Waals surface area contributed by atoms with E-state index in [0.717, 1.165) is 34.3 Å². The van der Waals surface area contributed by atoms with E-state index < -0.39 is 0 Å². The predicted octanol–water partition coefficient (Wildman–Crippen LogP) is 3.63. The first-order valence-electron chi connectivity index (χ1n) is 8.14. The minimum atomic E-state index is 0.448. The van der Waals surface area contributed by atoms with Gasteiger partial charge >= 0.3 is 0 Å². The Labute approximate surface area is 145 Å². The summed E-state index contributed by atoms with van der Waals surface area (Å²) in [6.45, 7) is 1.20. The van der Waals surface area contributed by atoms with Crippen molar-refractivity contribution >= 4 is 11.0 Å². The first-order valence-corrected chi connectivity index (χ1v) is 8.14. The highest BCUT2D eigenvalue weighted by Crippen LogP contribution is 2.28. The first-order chi connectivity index (χ1) is 12.3. The molecule has 0 unspecified atom stereocenters. The molecular weight excluding hydrogens is 312 g/mol. The van der Waals surface area contributed by atoms with E-state index in [1.165, 1.54) is 5.56 Å². The molecule has 0 amide bonds. The Hall–Kier alpha value is -3.02. The molecule has 0 radical (unpaired) electrons. The van der Waals surface area contributed by atoms with Gasteiger partial charge in [0.1, 0.15) is 5.65 Å². The van der Waals surface area contributed by atoms with E-state index in [-0.39, 0.29) is 0 Å². The van der Waals surface area contributed by atoms with Crippen LogP contribution < -0.4 is 5.48 Å². The van der Waals surface area contributed by atoms with E-state index in [1.54, 1.807) is 12.4 Å². The Kier molecular flexibility index (Phi) is 4.24. The molecule has 1 aromatic carbocycles. The van der Waals surface area contributed by atoms with Crippen molar-refractivity contribution in [2.45, 2.75) is 13.1 Å². The largest absolute Gasteiger partial charge is 0.328 e. The molecule has 4 aromatic rings. The molecule has 5 nitrogen and oxygen atoms in total. The molecule has 2 N–H and O–H groups in total. The molecule has 124 valence electrons.